The summed E-state index contributed by atoms with van der Waals surface area (Å²) < 4.78 is 5.06. The molecule has 1 aliphatic carbocycles. The summed E-state index contributed by atoms with van der Waals surface area (Å²) in [4.78, 5) is 14.8. The second kappa shape index (κ2) is 6.66. The number of esters is 1. The second-order valence-corrected chi connectivity index (χ2v) is 7.55. The number of carbonyl (C=O) groups excluding carboxylic acids is 1. The highest BCUT2D eigenvalue weighted by molar-refractivity contribution is 5.81. The van der Waals surface area contributed by atoms with Gasteiger partial charge in [0.25, 0.3) is 0 Å². The molecular weight excluding hydrogens is 264 g/mol. The Hall–Kier alpha value is -0.610. The van der Waals surface area contributed by atoms with Crippen LogP contribution in [0.15, 0.2) is 0 Å². The average molecular weight is 296 g/mol. The van der Waals surface area contributed by atoms with Crippen LogP contribution in [0.4, 0.5) is 0 Å². The molecule has 0 spiro atoms. The number of nitrogens with zero attached hydrogens (tertiary/aromatic N) is 1. The molecule has 2 atom stereocenters. The fraction of sp³-hybridized carbons (Fsp3) is 0.941. The molecule has 0 aromatic carbocycles. The third-order valence-corrected chi connectivity index (χ3v) is 5.47. The lowest BCUT2D eigenvalue weighted by atomic mass is 9.85. The number of methoxy groups -OCH3 is 1. The van der Waals surface area contributed by atoms with Crippen molar-refractivity contribution in [2.75, 3.05) is 26.7 Å². The van der Waals surface area contributed by atoms with Crippen LogP contribution in [-0.4, -0.2) is 49.2 Å². The number of nitrogens with one attached hydrogen (secondary N) is 1. The molecule has 4 heteroatoms. The molecule has 1 saturated carbocycles. The fourth-order valence-electron chi connectivity index (χ4n) is 4.09. The van der Waals surface area contributed by atoms with Crippen molar-refractivity contribution in [3.05, 3.63) is 0 Å². The number of likely N-dealkylation sites (N-methyl/N-ethyl adjacent to an activating group) is 1. The van der Waals surface area contributed by atoms with Gasteiger partial charge in [0.1, 0.15) is 5.54 Å². The lowest BCUT2D eigenvalue weighted by molar-refractivity contribution is -0.148. The summed E-state index contributed by atoms with van der Waals surface area (Å²) in [7, 11) is 1.50. The van der Waals surface area contributed by atoms with E-state index in [1.807, 2.05) is 0 Å². The first kappa shape index (κ1) is 16.8. The summed E-state index contributed by atoms with van der Waals surface area (Å²) in [6, 6.07) is 0.525. The quantitative estimate of drug-likeness (QED) is 0.810. The third-order valence-electron chi connectivity index (χ3n) is 5.47. The van der Waals surface area contributed by atoms with Crippen molar-refractivity contribution in [2.24, 2.45) is 5.41 Å². The lowest BCUT2D eigenvalue weighted by Gasteiger charge is -2.31. The van der Waals surface area contributed by atoms with Crippen molar-refractivity contribution in [3.8, 4) is 0 Å². The van der Waals surface area contributed by atoms with Crippen molar-refractivity contribution >= 4 is 5.97 Å². The van der Waals surface area contributed by atoms with Gasteiger partial charge in [0.05, 0.1) is 7.11 Å². The predicted octanol–water partition coefficient (Wildman–Crippen LogP) is 2.57. The van der Waals surface area contributed by atoms with Crippen LogP contribution in [0.25, 0.3) is 0 Å². The van der Waals surface area contributed by atoms with Crippen LogP contribution in [0.1, 0.15) is 59.3 Å². The van der Waals surface area contributed by atoms with E-state index in [4.69, 9.17) is 4.74 Å². The molecule has 0 radical (unpaired) electrons. The maximum atomic E-state index is 12.2. The smallest absolute Gasteiger partial charge is 0.326 e. The topological polar surface area (TPSA) is 41.6 Å². The first-order valence-corrected chi connectivity index (χ1v) is 8.50. The maximum absolute atomic E-state index is 12.2. The highest BCUT2D eigenvalue weighted by atomic mass is 16.5. The zero-order valence-electron chi connectivity index (χ0n) is 14.2. The van der Waals surface area contributed by atoms with Crippen LogP contribution in [0, 0.1) is 5.41 Å². The molecule has 1 N–H and O–H groups in total. The summed E-state index contributed by atoms with van der Waals surface area (Å²) >= 11 is 0. The second-order valence-electron chi connectivity index (χ2n) is 7.55. The van der Waals surface area contributed by atoms with Gasteiger partial charge in [-0.3, -0.25) is 4.79 Å². The Morgan fingerprint density at radius 3 is 2.71 bits per heavy atom. The van der Waals surface area contributed by atoms with Gasteiger partial charge < -0.3 is 15.0 Å². The summed E-state index contributed by atoms with van der Waals surface area (Å²) in [5.41, 5.74) is 0.0183. The van der Waals surface area contributed by atoms with E-state index in [0.29, 0.717) is 11.5 Å². The monoisotopic (exact) mass is 296 g/mol. The van der Waals surface area contributed by atoms with E-state index in [-0.39, 0.29) is 5.97 Å². The van der Waals surface area contributed by atoms with Crippen LogP contribution in [0.3, 0.4) is 0 Å². The normalized spacial score (nSPS) is 33.6. The number of hydrogen-bond donors (Lipinski definition) is 1. The first-order valence-electron chi connectivity index (χ1n) is 8.50. The summed E-state index contributed by atoms with van der Waals surface area (Å²) in [5.74, 6) is -0.0815. The summed E-state index contributed by atoms with van der Waals surface area (Å²) in [6.07, 6.45) is 6.74. The molecule has 122 valence electrons. The summed E-state index contributed by atoms with van der Waals surface area (Å²) in [6.45, 7) is 9.98. The standard InChI is InChI=1S/C17H32N2O2/c1-5-18-17(15(20)21-4)9-7-14(13-17)19-11-6-8-16(2,3)10-12-19/h14,18H,5-13H2,1-4H3. The van der Waals surface area contributed by atoms with Crippen molar-refractivity contribution in [1.82, 2.24) is 10.2 Å². The van der Waals surface area contributed by atoms with E-state index in [1.165, 1.54) is 39.5 Å². The number of ether oxygens (including phenoxy) is 1. The Bertz CT molecular complexity index is 370. The van der Waals surface area contributed by atoms with Crippen LogP contribution < -0.4 is 5.32 Å². The molecule has 1 heterocycles. The molecule has 0 bridgehead atoms. The Morgan fingerprint density at radius 2 is 2.05 bits per heavy atom. The highest BCUT2D eigenvalue weighted by Crippen LogP contribution is 2.37. The van der Waals surface area contributed by atoms with Gasteiger partial charge in [0.2, 0.25) is 0 Å². The van der Waals surface area contributed by atoms with Gasteiger partial charge in [-0.15, -0.1) is 0 Å². The Morgan fingerprint density at radius 1 is 1.29 bits per heavy atom. The lowest BCUT2D eigenvalue weighted by Crippen LogP contribution is -2.52. The number of likely N-dealkylation sites (tertiary alicyclic amines) is 1. The average Bonchev–Trinajstić information content (AvgIpc) is 2.78. The summed E-state index contributed by atoms with van der Waals surface area (Å²) in [5, 5.41) is 3.41. The molecule has 2 aliphatic rings. The van der Waals surface area contributed by atoms with Crippen LogP contribution in [0.5, 0.6) is 0 Å². The van der Waals surface area contributed by atoms with Gasteiger partial charge in [-0.1, -0.05) is 20.8 Å². The van der Waals surface area contributed by atoms with E-state index in [9.17, 15) is 4.79 Å². The molecule has 0 aromatic rings. The van der Waals surface area contributed by atoms with Crippen molar-refractivity contribution in [1.29, 1.82) is 0 Å². The molecule has 0 amide bonds. The Balaban J connectivity index is 2.01. The Labute approximate surface area is 129 Å². The number of hydrogen-bond acceptors (Lipinski definition) is 4. The SMILES string of the molecule is CCNC1(C(=O)OC)CCC(N2CCCC(C)(C)CC2)C1. The molecule has 2 unspecified atom stereocenters. The van der Waals surface area contributed by atoms with Gasteiger partial charge in [-0.05, 0) is 63.6 Å². The van der Waals surface area contributed by atoms with Crippen molar-refractivity contribution in [3.63, 3.8) is 0 Å². The molecule has 1 saturated heterocycles. The molecule has 2 rings (SSSR count). The predicted molar refractivity (Wildman–Crippen MR) is 85.3 cm³/mol. The fourth-order valence-corrected chi connectivity index (χ4v) is 4.09. The minimum atomic E-state index is -0.448. The molecular formula is C17H32N2O2. The zero-order chi connectivity index (χ0) is 15.5. The zero-order valence-corrected chi connectivity index (χ0v) is 14.2. The van der Waals surface area contributed by atoms with Gasteiger partial charge in [-0.2, -0.15) is 0 Å². The van der Waals surface area contributed by atoms with Crippen molar-refractivity contribution < 1.29 is 9.53 Å². The number of carbonyl (C=O) groups is 1. The van der Waals surface area contributed by atoms with E-state index >= 15 is 0 Å². The van der Waals surface area contributed by atoms with Gasteiger partial charge in [0.15, 0.2) is 0 Å². The van der Waals surface area contributed by atoms with E-state index in [0.717, 1.165) is 25.8 Å². The Kier molecular flexibility index (Phi) is 5.31. The molecule has 4 nitrogen and oxygen atoms in total. The van der Waals surface area contributed by atoms with Gasteiger partial charge in [-0.25, -0.2) is 0 Å². The minimum Gasteiger partial charge on any atom is -0.468 e. The van der Waals surface area contributed by atoms with E-state index < -0.39 is 5.54 Å². The molecule has 21 heavy (non-hydrogen) atoms. The highest BCUT2D eigenvalue weighted by Gasteiger charge is 2.47. The minimum absolute atomic E-state index is 0.0815. The molecule has 2 fully saturated rings. The van der Waals surface area contributed by atoms with Crippen LogP contribution >= 0.6 is 0 Å². The van der Waals surface area contributed by atoms with Crippen molar-refractivity contribution in [2.45, 2.75) is 70.9 Å². The molecule has 1 aliphatic heterocycles. The number of rotatable bonds is 4. The van der Waals surface area contributed by atoms with E-state index in [2.05, 4.69) is 31.0 Å². The van der Waals surface area contributed by atoms with Crippen LogP contribution in [-0.2, 0) is 9.53 Å². The van der Waals surface area contributed by atoms with Gasteiger partial charge >= 0.3 is 5.97 Å². The maximum Gasteiger partial charge on any atom is 0.326 e. The molecule has 0 aromatic heterocycles. The van der Waals surface area contributed by atoms with Gasteiger partial charge in [0, 0.05) is 6.04 Å². The van der Waals surface area contributed by atoms with E-state index in [1.54, 1.807) is 0 Å². The van der Waals surface area contributed by atoms with Crippen LogP contribution in [0.2, 0.25) is 0 Å². The largest absolute Gasteiger partial charge is 0.468 e. The third kappa shape index (κ3) is 3.78. The first-order chi connectivity index (χ1) is 9.92.